The van der Waals surface area contributed by atoms with Crippen LogP contribution >= 0.6 is 0 Å². The molecule has 0 radical (unpaired) electrons. The van der Waals surface area contributed by atoms with E-state index in [2.05, 4.69) is 9.97 Å². The van der Waals surface area contributed by atoms with E-state index in [0.29, 0.717) is 49.7 Å². The van der Waals surface area contributed by atoms with Gasteiger partial charge >= 0.3 is 12.1 Å². The minimum Gasteiger partial charge on any atom is -0.475 e. The molecule has 3 aromatic heterocycles. The van der Waals surface area contributed by atoms with Gasteiger partial charge in [0.2, 0.25) is 0 Å². The summed E-state index contributed by atoms with van der Waals surface area (Å²) in [7, 11) is 0. The van der Waals surface area contributed by atoms with Gasteiger partial charge in [0.1, 0.15) is 12.1 Å². The van der Waals surface area contributed by atoms with E-state index in [1.54, 1.807) is 34.1 Å². The lowest BCUT2D eigenvalue weighted by atomic mass is 10.2. The number of carbonyl (C=O) groups excluding carboxylic acids is 1. The number of nitrogens with zero attached hydrogens (tertiary/aromatic N) is 5. The van der Waals surface area contributed by atoms with Crippen LogP contribution in [0.5, 0.6) is 0 Å². The molecule has 4 rings (SSSR count). The van der Waals surface area contributed by atoms with Gasteiger partial charge in [-0.2, -0.15) is 13.2 Å². The van der Waals surface area contributed by atoms with Gasteiger partial charge in [-0.3, -0.25) is 14.2 Å². The Hall–Kier alpha value is -3.90. The van der Waals surface area contributed by atoms with Crippen molar-refractivity contribution in [1.29, 1.82) is 0 Å². The van der Waals surface area contributed by atoms with Gasteiger partial charge in [0.15, 0.2) is 0 Å². The molecule has 3 aromatic rings. The molecule has 4 heterocycles. The van der Waals surface area contributed by atoms with Crippen LogP contribution < -0.4 is 5.56 Å². The van der Waals surface area contributed by atoms with Crippen molar-refractivity contribution in [3.05, 3.63) is 70.8 Å². The van der Waals surface area contributed by atoms with E-state index in [1.165, 1.54) is 12.5 Å². The van der Waals surface area contributed by atoms with Crippen LogP contribution in [0.4, 0.5) is 13.2 Å². The van der Waals surface area contributed by atoms with Crippen molar-refractivity contribution in [2.75, 3.05) is 6.54 Å². The van der Waals surface area contributed by atoms with Crippen molar-refractivity contribution in [2.24, 2.45) is 0 Å². The number of amides is 1. The Kier molecular flexibility index (Phi) is 6.76. The van der Waals surface area contributed by atoms with Crippen molar-refractivity contribution in [1.82, 2.24) is 24.0 Å². The smallest absolute Gasteiger partial charge is 0.475 e. The molecule has 0 aromatic carbocycles. The van der Waals surface area contributed by atoms with Gasteiger partial charge in [0.25, 0.3) is 11.5 Å². The zero-order valence-corrected chi connectivity index (χ0v) is 16.5. The third-order valence-electron chi connectivity index (χ3n) is 4.48. The van der Waals surface area contributed by atoms with Crippen LogP contribution in [0.3, 0.4) is 0 Å². The first-order chi connectivity index (χ1) is 15.1. The zero-order valence-electron chi connectivity index (χ0n) is 16.5. The maximum atomic E-state index is 12.6. The van der Waals surface area contributed by atoms with Gasteiger partial charge in [-0.15, -0.1) is 0 Å². The van der Waals surface area contributed by atoms with E-state index >= 15 is 0 Å². The van der Waals surface area contributed by atoms with Crippen molar-refractivity contribution >= 4 is 11.9 Å². The Bertz CT molecular complexity index is 1120. The maximum absolute atomic E-state index is 12.6. The van der Waals surface area contributed by atoms with Gasteiger partial charge in [0.05, 0.1) is 36.9 Å². The number of carboxylic acid groups (broad SMARTS) is 1. The summed E-state index contributed by atoms with van der Waals surface area (Å²) in [6.45, 7) is 1.90. The third-order valence-corrected chi connectivity index (χ3v) is 4.48. The number of aliphatic carboxylic acids is 1. The second-order valence-electron chi connectivity index (χ2n) is 6.78. The summed E-state index contributed by atoms with van der Waals surface area (Å²) in [6.07, 6.45) is 3.72. The van der Waals surface area contributed by atoms with Crippen molar-refractivity contribution in [3.63, 3.8) is 0 Å². The zero-order chi connectivity index (χ0) is 23.3. The van der Waals surface area contributed by atoms with E-state index < -0.39 is 12.1 Å². The normalized spacial score (nSPS) is 13.5. The summed E-state index contributed by atoms with van der Waals surface area (Å²) < 4.78 is 40.2. The van der Waals surface area contributed by atoms with E-state index in [0.717, 1.165) is 0 Å². The summed E-state index contributed by atoms with van der Waals surface area (Å²) in [5.41, 5.74) is 1.08. The number of aromatic nitrogens is 4. The number of furan rings is 1. The first-order valence-electron chi connectivity index (χ1n) is 9.32. The van der Waals surface area contributed by atoms with Gasteiger partial charge < -0.3 is 19.0 Å². The number of hydrogen-bond acceptors (Lipinski definition) is 6. The van der Waals surface area contributed by atoms with Crippen LogP contribution in [-0.4, -0.2) is 53.7 Å². The molecule has 0 unspecified atom stereocenters. The Morgan fingerprint density at radius 2 is 2.00 bits per heavy atom. The molecular weight excluding hydrogens is 435 g/mol. The topological polar surface area (TPSA) is 123 Å². The number of hydrogen-bond donors (Lipinski definition) is 1. The largest absolute Gasteiger partial charge is 0.490 e. The average Bonchev–Trinajstić information content (AvgIpc) is 3.38. The number of carbonyl (C=O) groups is 2. The van der Waals surface area contributed by atoms with Crippen LogP contribution in [0.2, 0.25) is 0 Å². The van der Waals surface area contributed by atoms with Crippen LogP contribution in [0.15, 0.2) is 52.6 Å². The van der Waals surface area contributed by atoms with Crippen LogP contribution in [-0.2, 0) is 24.4 Å². The summed E-state index contributed by atoms with van der Waals surface area (Å²) in [4.78, 5) is 44.3. The number of fused-ring (bicyclic) bond motifs is 1. The Labute approximate surface area is 178 Å². The molecule has 32 heavy (non-hydrogen) atoms. The van der Waals surface area contributed by atoms with E-state index in [-0.39, 0.29) is 11.5 Å². The molecule has 170 valence electrons. The fourth-order valence-corrected chi connectivity index (χ4v) is 3.03. The lowest BCUT2D eigenvalue weighted by Crippen LogP contribution is -2.32. The van der Waals surface area contributed by atoms with E-state index in [1.807, 2.05) is 10.8 Å². The van der Waals surface area contributed by atoms with Gasteiger partial charge in [-0.25, -0.2) is 14.8 Å². The van der Waals surface area contributed by atoms with Gasteiger partial charge in [0, 0.05) is 31.5 Å². The highest BCUT2D eigenvalue weighted by molar-refractivity contribution is 5.93. The first kappa shape index (κ1) is 22.8. The Balaban J connectivity index is 0.000000360. The van der Waals surface area contributed by atoms with E-state index in [4.69, 9.17) is 14.3 Å². The SMILES string of the molecule is O=C(O)C(F)(F)F.O=C(c1ccoc1)N1CCCn2c(nc(Cn3ccnc3)cc2=O)C1. The molecule has 1 amide bonds. The Morgan fingerprint density at radius 3 is 2.59 bits per heavy atom. The highest BCUT2D eigenvalue weighted by atomic mass is 19.4. The molecule has 1 aliphatic rings. The lowest BCUT2D eigenvalue weighted by molar-refractivity contribution is -0.192. The molecule has 0 spiro atoms. The molecule has 0 saturated carbocycles. The second-order valence-corrected chi connectivity index (χ2v) is 6.78. The van der Waals surface area contributed by atoms with Gasteiger partial charge in [-0.05, 0) is 12.5 Å². The van der Waals surface area contributed by atoms with Crippen molar-refractivity contribution in [3.8, 4) is 0 Å². The average molecular weight is 453 g/mol. The number of carboxylic acids is 1. The fraction of sp³-hybridized carbons (Fsp3) is 0.316. The summed E-state index contributed by atoms with van der Waals surface area (Å²) in [5, 5.41) is 7.12. The molecular formula is C19H18F3N5O5. The summed E-state index contributed by atoms with van der Waals surface area (Å²) in [6, 6.07) is 3.19. The quantitative estimate of drug-likeness (QED) is 0.641. The molecule has 0 saturated heterocycles. The minimum atomic E-state index is -5.08. The van der Waals surface area contributed by atoms with Crippen molar-refractivity contribution < 1.29 is 32.3 Å². The first-order valence-corrected chi connectivity index (χ1v) is 9.32. The predicted octanol–water partition coefficient (Wildman–Crippen LogP) is 1.76. The van der Waals surface area contributed by atoms with Crippen LogP contribution in [0.1, 0.15) is 28.3 Å². The summed E-state index contributed by atoms with van der Waals surface area (Å²) >= 11 is 0. The molecule has 10 nitrogen and oxygen atoms in total. The highest BCUT2D eigenvalue weighted by Gasteiger charge is 2.38. The monoisotopic (exact) mass is 453 g/mol. The molecule has 0 fully saturated rings. The molecule has 13 heteroatoms. The standard InChI is InChI=1S/C17H17N5O3.C2HF3O2/c23-16-8-14(9-20-6-3-18-12-20)19-15-10-21(4-1-5-22(15)16)17(24)13-2-7-25-11-13;3-2(4,5)1(6)7/h2-3,6-8,11-12H,1,4-5,9-10H2;(H,6,7). The van der Waals surface area contributed by atoms with Gasteiger partial charge in [-0.1, -0.05) is 0 Å². The molecule has 1 aliphatic heterocycles. The van der Waals surface area contributed by atoms with Crippen LogP contribution in [0, 0.1) is 0 Å². The highest BCUT2D eigenvalue weighted by Crippen LogP contribution is 2.14. The molecule has 0 aliphatic carbocycles. The molecule has 0 bridgehead atoms. The predicted molar refractivity (Wildman–Crippen MR) is 102 cm³/mol. The minimum absolute atomic E-state index is 0.0854. The second kappa shape index (κ2) is 9.49. The lowest BCUT2D eigenvalue weighted by Gasteiger charge is -2.19. The summed E-state index contributed by atoms with van der Waals surface area (Å²) in [5.74, 6) is -2.26. The number of halogens is 3. The number of alkyl halides is 3. The van der Waals surface area contributed by atoms with Crippen molar-refractivity contribution in [2.45, 2.75) is 32.2 Å². The molecule has 0 atom stereocenters. The third kappa shape index (κ3) is 5.62. The fourth-order valence-electron chi connectivity index (χ4n) is 3.03. The maximum Gasteiger partial charge on any atom is 0.490 e. The number of rotatable bonds is 3. The Morgan fingerprint density at radius 1 is 1.25 bits per heavy atom. The van der Waals surface area contributed by atoms with E-state index in [9.17, 15) is 22.8 Å². The van der Waals surface area contributed by atoms with Crippen LogP contribution in [0.25, 0.3) is 0 Å². The molecule has 1 N–H and O–H groups in total. The number of imidazole rings is 1.